The van der Waals surface area contributed by atoms with Gasteiger partial charge in [-0.1, -0.05) is 42.5 Å². The Morgan fingerprint density at radius 3 is 2.50 bits per heavy atom. The third-order valence-corrected chi connectivity index (χ3v) is 5.87. The van der Waals surface area contributed by atoms with Gasteiger partial charge in [-0.3, -0.25) is 9.78 Å². The number of aromatic nitrogens is 1. The Hall–Kier alpha value is -3.41. The van der Waals surface area contributed by atoms with Crippen molar-refractivity contribution in [3.05, 3.63) is 72.6 Å². The van der Waals surface area contributed by atoms with Crippen molar-refractivity contribution in [2.75, 3.05) is 25.0 Å². The fourth-order valence-electron chi connectivity index (χ4n) is 4.33. The number of likely N-dealkylation sites (tertiary alicyclic amines) is 1. The summed E-state index contributed by atoms with van der Waals surface area (Å²) in [6.07, 6.45) is 3.15. The predicted octanol–water partition coefficient (Wildman–Crippen LogP) is 4.85. The van der Waals surface area contributed by atoms with E-state index in [4.69, 9.17) is 4.74 Å². The van der Waals surface area contributed by atoms with Crippen LogP contribution >= 0.6 is 0 Å². The molecule has 0 saturated carbocycles. The lowest BCUT2D eigenvalue weighted by atomic mass is 9.88. The van der Waals surface area contributed by atoms with E-state index in [1.807, 2.05) is 75.4 Å². The van der Waals surface area contributed by atoms with Crippen LogP contribution in [-0.2, 0) is 9.53 Å². The maximum absolute atomic E-state index is 13.8. The molecule has 1 aliphatic rings. The van der Waals surface area contributed by atoms with E-state index in [9.17, 15) is 9.59 Å². The van der Waals surface area contributed by atoms with Crippen LogP contribution in [0.5, 0.6) is 0 Å². The molecule has 1 aliphatic heterocycles. The van der Waals surface area contributed by atoms with E-state index in [2.05, 4.69) is 4.98 Å². The number of nitrogens with zero attached hydrogens (tertiary/aromatic N) is 3. The molecule has 1 saturated heterocycles. The Morgan fingerprint density at radius 2 is 1.78 bits per heavy atom. The average Bonchev–Trinajstić information content (AvgIpc) is 3.23. The highest BCUT2D eigenvalue weighted by Gasteiger charge is 2.43. The first-order valence-electron chi connectivity index (χ1n) is 10.9. The van der Waals surface area contributed by atoms with E-state index in [1.165, 1.54) is 0 Å². The number of ether oxygens (including phenoxy) is 1. The standard InChI is InChI=1S/C26H29N3O3/c1-26(2,3)32-25(31)29-16-21(18-9-6-5-7-10-18)22(17-29)24(30)28(4)23-12-8-11-19-15-27-14-13-20(19)23/h5-15,21-22H,16-17H2,1-4H3/t21?,22-/m0/s1. The zero-order valence-electron chi connectivity index (χ0n) is 19.0. The lowest BCUT2D eigenvalue weighted by Gasteiger charge is -2.26. The summed E-state index contributed by atoms with van der Waals surface area (Å²) in [6.45, 7) is 6.32. The highest BCUT2D eigenvalue weighted by atomic mass is 16.6. The molecule has 6 heteroatoms. The van der Waals surface area contributed by atoms with E-state index >= 15 is 0 Å². The van der Waals surface area contributed by atoms with Gasteiger partial charge >= 0.3 is 6.09 Å². The molecule has 2 amide bonds. The summed E-state index contributed by atoms with van der Waals surface area (Å²) in [5.41, 5.74) is 1.29. The average molecular weight is 432 g/mol. The van der Waals surface area contributed by atoms with Crippen molar-refractivity contribution in [2.45, 2.75) is 32.3 Å². The molecule has 1 aromatic heterocycles. The maximum Gasteiger partial charge on any atom is 0.410 e. The monoisotopic (exact) mass is 431 g/mol. The van der Waals surface area contributed by atoms with E-state index in [1.54, 1.807) is 29.2 Å². The molecule has 3 aromatic rings. The summed E-state index contributed by atoms with van der Waals surface area (Å²) < 4.78 is 5.59. The molecule has 2 aromatic carbocycles. The third kappa shape index (κ3) is 4.44. The van der Waals surface area contributed by atoms with Crippen LogP contribution in [0.25, 0.3) is 10.8 Å². The van der Waals surface area contributed by atoms with E-state index < -0.39 is 5.60 Å². The molecule has 0 N–H and O–H groups in total. The van der Waals surface area contributed by atoms with E-state index in [-0.39, 0.29) is 23.8 Å². The van der Waals surface area contributed by atoms with Gasteiger partial charge in [0.1, 0.15) is 5.60 Å². The van der Waals surface area contributed by atoms with Crippen molar-refractivity contribution in [2.24, 2.45) is 5.92 Å². The lowest BCUT2D eigenvalue weighted by molar-refractivity contribution is -0.122. The highest BCUT2D eigenvalue weighted by Crippen LogP contribution is 2.36. The quantitative estimate of drug-likeness (QED) is 0.595. The number of anilines is 1. The first-order chi connectivity index (χ1) is 15.2. The molecule has 0 aliphatic carbocycles. The van der Waals surface area contributed by atoms with Crippen LogP contribution in [0.15, 0.2) is 67.0 Å². The van der Waals surface area contributed by atoms with Crippen molar-refractivity contribution in [1.82, 2.24) is 9.88 Å². The molecule has 0 spiro atoms. The smallest absolute Gasteiger partial charge is 0.410 e. The summed E-state index contributed by atoms with van der Waals surface area (Å²) in [5, 5.41) is 1.95. The van der Waals surface area contributed by atoms with Gasteiger partial charge in [0.2, 0.25) is 5.91 Å². The normalized spacial score (nSPS) is 18.6. The van der Waals surface area contributed by atoms with Gasteiger partial charge in [-0.05, 0) is 38.5 Å². The van der Waals surface area contributed by atoms with Gasteiger partial charge in [-0.25, -0.2) is 4.79 Å². The minimum Gasteiger partial charge on any atom is -0.444 e. The van der Waals surface area contributed by atoms with Crippen LogP contribution in [0, 0.1) is 5.92 Å². The molecule has 0 radical (unpaired) electrons. The van der Waals surface area contributed by atoms with Crippen LogP contribution in [0.3, 0.4) is 0 Å². The number of hydrogen-bond acceptors (Lipinski definition) is 4. The Labute approximate surface area is 188 Å². The zero-order chi connectivity index (χ0) is 22.9. The number of hydrogen-bond donors (Lipinski definition) is 0. The Balaban J connectivity index is 1.65. The Bertz CT molecular complexity index is 1120. The van der Waals surface area contributed by atoms with Crippen molar-refractivity contribution < 1.29 is 14.3 Å². The summed E-state index contributed by atoms with van der Waals surface area (Å²) in [7, 11) is 1.80. The van der Waals surface area contributed by atoms with Gasteiger partial charge in [-0.2, -0.15) is 0 Å². The second-order valence-corrected chi connectivity index (χ2v) is 9.28. The number of amides is 2. The minimum absolute atomic E-state index is 0.0192. The van der Waals surface area contributed by atoms with Crippen LogP contribution in [0.1, 0.15) is 32.3 Å². The lowest BCUT2D eigenvalue weighted by Crippen LogP contribution is -2.38. The summed E-state index contributed by atoms with van der Waals surface area (Å²) in [4.78, 5) is 34.1. The second-order valence-electron chi connectivity index (χ2n) is 9.28. The van der Waals surface area contributed by atoms with E-state index in [0.717, 1.165) is 22.0 Å². The van der Waals surface area contributed by atoms with E-state index in [0.29, 0.717) is 13.1 Å². The molecule has 166 valence electrons. The van der Waals surface area contributed by atoms with Crippen molar-refractivity contribution >= 4 is 28.5 Å². The fourth-order valence-corrected chi connectivity index (χ4v) is 4.33. The summed E-state index contributed by atoms with van der Waals surface area (Å²) in [6, 6.07) is 17.7. The maximum atomic E-state index is 13.8. The van der Waals surface area contributed by atoms with Gasteiger partial charge in [0, 0.05) is 49.2 Å². The molecule has 1 unspecified atom stereocenters. The highest BCUT2D eigenvalue weighted by molar-refractivity contribution is 6.04. The van der Waals surface area contributed by atoms with Gasteiger partial charge in [-0.15, -0.1) is 0 Å². The van der Waals surface area contributed by atoms with Crippen LogP contribution in [-0.4, -0.2) is 47.6 Å². The fraction of sp³-hybridized carbons (Fsp3) is 0.346. The summed E-state index contributed by atoms with van der Waals surface area (Å²) in [5.74, 6) is -0.489. The molecule has 32 heavy (non-hydrogen) atoms. The number of carbonyl (C=O) groups excluding carboxylic acids is 2. The number of fused-ring (bicyclic) bond motifs is 1. The second kappa shape index (κ2) is 8.61. The Kier molecular flexibility index (Phi) is 5.87. The first-order valence-corrected chi connectivity index (χ1v) is 10.9. The summed E-state index contributed by atoms with van der Waals surface area (Å²) >= 11 is 0. The van der Waals surface area contributed by atoms with Gasteiger partial charge < -0.3 is 14.5 Å². The van der Waals surface area contributed by atoms with Gasteiger partial charge in [0.15, 0.2) is 0 Å². The minimum atomic E-state index is -0.588. The molecule has 4 rings (SSSR count). The first kappa shape index (κ1) is 21.8. The zero-order valence-corrected chi connectivity index (χ0v) is 19.0. The molecule has 2 atom stereocenters. The number of carbonyl (C=O) groups is 2. The molecule has 0 bridgehead atoms. The number of pyridine rings is 1. The number of rotatable bonds is 3. The Morgan fingerprint density at radius 1 is 1.03 bits per heavy atom. The molecular formula is C26H29N3O3. The molecular weight excluding hydrogens is 402 g/mol. The largest absolute Gasteiger partial charge is 0.444 e. The van der Waals surface area contributed by atoms with Crippen LogP contribution < -0.4 is 4.90 Å². The molecule has 1 fully saturated rings. The molecule has 6 nitrogen and oxygen atoms in total. The molecule has 2 heterocycles. The topological polar surface area (TPSA) is 62.7 Å². The third-order valence-electron chi connectivity index (χ3n) is 5.87. The van der Waals surface area contributed by atoms with Crippen LogP contribution in [0.4, 0.5) is 10.5 Å². The van der Waals surface area contributed by atoms with Crippen molar-refractivity contribution in [3.8, 4) is 0 Å². The van der Waals surface area contributed by atoms with Gasteiger partial charge in [0.05, 0.1) is 11.6 Å². The number of benzene rings is 2. The predicted molar refractivity (Wildman–Crippen MR) is 126 cm³/mol. The van der Waals surface area contributed by atoms with Crippen molar-refractivity contribution in [1.29, 1.82) is 0 Å². The van der Waals surface area contributed by atoms with Crippen LogP contribution in [0.2, 0.25) is 0 Å². The van der Waals surface area contributed by atoms with Crippen molar-refractivity contribution in [3.63, 3.8) is 0 Å². The SMILES string of the molecule is CN(C(=O)[C@H]1CN(C(=O)OC(C)(C)C)CC1c1ccccc1)c1cccc2cnccc12. The van der Waals surface area contributed by atoms with Gasteiger partial charge in [0.25, 0.3) is 0 Å².